The van der Waals surface area contributed by atoms with Crippen LogP contribution in [0, 0.1) is 0 Å². The van der Waals surface area contributed by atoms with Crippen molar-refractivity contribution in [3.8, 4) is 0 Å². The maximum atomic E-state index is 12.1. The molecule has 0 aliphatic heterocycles. The number of hydrazine groups is 1. The first kappa shape index (κ1) is 18.7. The number of benzene rings is 2. The summed E-state index contributed by atoms with van der Waals surface area (Å²) >= 11 is 0. The van der Waals surface area contributed by atoms with Crippen molar-refractivity contribution in [2.75, 3.05) is 5.32 Å². The Hall–Kier alpha value is -4.13. The number of rotatable bonds is 5. The first-order valence-corrected chi connectivity index (χ1v) is 8.40. The largest absolute Gasteiger partial charge is 0.459 e. The lowest BCUT2D eigenvalue weighted by molar-refractivity contribution is -0.117. The summed E-state index contributed by atoms with van der Waals surface area (Å²) in [6.07, 6.45) is 4.37. The molecule has 7 nitrogen and oxygen atoms in total. The third-order valence-electron chi connectivity index (χ3n) is 3.68. The number of carbonyl (C=O) groups excluding carboxylic acids is 3. The van der Waals surface area contributed by atoms with Crippen LogP contribution in [0.3, 0.4) is 0 Å². The molecule has 3 N–H and O–H groups in total. The molecule has 0 radical (unpaired) electrons. The van der Waals surface area contributed by atoms with E-state index in [2.05, 4.69) is 16.2 Å². The number of hydrogen-bond acceptors (Lipinski definition) is 4. The fourth-order valence-corrected chi connectivity index (χ4v) is 2.27. The average molecular weight is 375 g/mol. The van der Waals surface area contributed by atoms with E-state index in [0.29, 0.717) is 11.3 Å². The van der Waals surface area contributed by atoms with Crippen molar-refractivity contribution < 1.29 is 18.8 Å². The molecule has 140 valence electrons. The second kappa shape index (κ2) is 9.00. The Morgan fingerprint density at radius 3 is 2.21 bits per heavy atom. The highest BCUT2D eigenvalue weighted by Crippen LogP contribution is 2.11. The molecule has 3 amide bonds. The third kappa shape index (κ3) is 5.18. The molecule has 7 heteroatoms. The van der Waals surface area contributed by atoms with E-state index in [9.17, 15) is 14.4 Å². The molecule has 0 saturated carbocycles. The van der Waals surface area contributed by atoms with Crippen LogP contribution in [0.2, 0.25) is 0 Å². The van der Waals surface area contributed by atoms with Gasteiger partial charge in [0.25, 0.3) is 17.7 Å². The van der Waals surface area contributed by atoms with Gasteiger partial charge < -0.3 is 9.73 Å². The molecule has 0 unspecified atom stereocenters. The average Bonchev–Trinajstić information content (AvgIpc) is 3.27. The van der Waals surface area contributed by atoms with Crippen molar-refractivity contribution >= 4 is 29.5 Å². The lowest BCUT2D eigenvalue weighted by Crippen LogP contribution is -2.40. The van der Waals surface area contributed by atoms with Gasteiger partial charge in [-0.15, -0.1) is 0 Å². The highest BCUT2D eigenvalue weighted by Gasteiger charge is 2.10. The van der Waals surface area contributed by atoms with Crippen LogP contribution in [0.5, 0.6) is 0 Å². The van der Waals surface area contributed by atoms with Crippen molar-refractivity contribution in [3.63, 3.8) is 0 Å². The van der Waals surface area contributed by atoms with Crippen LogP contribution in [-0.4, -0.2) is 17.7 Å². The van der Waals surface area contributed by atoms with Crippen LogP contribution in [0.4, 0.5) is 5.69 Å². The van der Waals surface area contributed by atoms with Crippen molar-refractivity contribution in [1.82, 2.24) is 10.9 Å². The van der Waals surface area contributed by atoms with Gasteiger partial charge in [-0.3, -0.25) is 25.2 Å². The zero-order chi connectivity index (χ0) is 19.8. The standard InChI is InChI=1S/C21H17N3O4/c25-19(13-8-15-5-2-1-3-6-15)23-24-20(26)16-9-11-17(12-10-16)22-21(27)18-7-4-14-28-18/h1-14H,(H,22,27)(H,23,25)(H,24,26)/b13-8+. The molecule has 0 fully saturated rings. The molecular weight excluding hydrogens is 358 g/mol. The van der Waals surface area contributed by atoms with Gasteiger partial charge in [0.1, 0.15) is 0 Å². The molecular formula is C21H17N3O4. The number of hydrogen-bond donors (Lipinski definition) is 3. The molecule has 0 aliphatic rings. The van der Waals surface area contributed by atoms with Crippen LogP contribution in [0.1, 0.15) is 26.5 Å². The van der Waals surface area contributed by atoms with Gasteiger partial charge in [-0.05, 0) is 48.0 Å². The zero-order valence-corrected chi connectivity index (χ0v) is 14.7. The molecule has 0 atom stereocenters. The predicted octanol–water partition coefficient (Wildman–Crippen LogP) is 3.01. The molecule has 28 heavy (non-hydrogen) atoms. The minimum Gasteiger partial charge on any atom is -0.459 e. The summed E-state index contributed by atoms with van der Waals surface area (Å²) in [6.45, 7) is 0. The van der Waals surface area contributed by atoms with Crippen LogP contribution in [0.25, 0.3) is 6.08 Å². The molecule has 0 saturated heterocycles. The summed E-state index contributed by atoms with van der Waals surface area (Å²) in [4.78, 5) is 35.8. The highest BCUT2D eigenvalue weighted by atomic mass is 16.3. The first-order valence-electron chi connectivity index (χ1n) is 8.40. The minimum absolute atomic E-state index is 0.188. The van der Waals surface area contributed by atoms with Gasteiger partial charge in [-0.1, -0.05) is 30.3 Å². The molecule has 3 aromatic rings. The maximum absolute atomic E-state index is 12.1. The van der Waals surface area contributed by atoms with Crippen LogP contribution >= 0.6 is 0 Å². The monoisotopic (exact) mass is 375 g/mol. The summed E-state index contributed by atoms with van der Waals surface area (Å²) in [6, 6.07) is 18.7. The quantitative estimate of drug-likeness (QED) is 0.471. The molecule has 2 aromatic carbocycles. The van der Waals surface area contributed by atoms with Gasteiger partial charge in [0.05, 0.1) is 6.26 Å². The van der Waals surface area contributed by atoms with E-state index >= 15 is 0 Å². The molecule has 1 aromatic heterocycles. The topological polar surface area (TPSA) is 100 Å². The highest BCUT2D eigenvalue weighted by molar-refractivity contribution is 6.03. The van der Waals surface area contributed by atoms with E-state index in [1.165, 1.54) is 24.5 Å². The fourth-order valence-electron chi connectivity index (χ4n) is 2.27. The molecule has 0 spiro atoms. The SMILES string of the molecule is O=C(/C=C/c1ccccc1)NNC(=O)c1ccc(NC(=O)c2ccco2)cc1. The maximum Gasteiger partial charge on any atom is 0.291 e. The van der Waals surface area contributed by atoms with E-state index in [1.807, 2.05) is 30.3 Å². The van der Waals surface area contributed by atoms with Crippen LogP contribution < -0.4 is 16.2 Å². The van der Waals surface area contributed by atoms with Gasteiger partial charge >= 0.3 is 0 Å². The van der Waals surface area contributed by atoms with E-state index in [-0.39, 0.29) is 11.7 Å². The van der Waals surface area contributed by atoms with Crippen LogP contribution in [-0.2, 0) is 4.79 Å². The number of anilines is 1. The molecule has 3 rings (SSSR count). The summed E-state index contributed by atoms with van der Waals surface area (Å²) in [7, 11) is 0. The van der Waals surface area contributed by atoms with Gasteiger partial charge in [0.2, 0.25) is 0 Å². The van der Waals surface area contributed by atoms with Gasteiger partial charge in [0.15, 0.2) is 5.76 Å². The Kier molecular flexibility index (Phi) is 5.99. The van der Waals surface area contributed by atoms with Gasteiger partial charge in [0, 0.05) is 17.3 Å². The van der Waals surface area contributed by atoms with E-state index in [0.717, 1.165) is 5.56 Å². The number of furan rings is 1. The summed E-state index contributed by atoms with van der Waals surface area (Å²) < 4.78 is 5.01. The van der Waals surface area contributed by atoms with Crippen molar-refractivity contribution in [1.29, 1.82) is 0 Å². The lowest BCUT2D eigenvalue weighted by Gasteiger charge is -2.07. The summed E-state index contributed by atoms with van der Waals surface area (Å²) in [5.74, 6) is -1.14. The normalized spacial score (nSPS) is 10.4. The van der Waals surface area contributed by atoms with Gasteiger partial charge in [-0.2, -0.15) is 0 Å². The predicted molar refractivity (Wildman–Crippen MR) is 104 cm³/mol. The molecule has 1 heterocycles. The summed E-state index contributed by atoms with van der Waals surface area (Å²) in [5, 5.41) is 2.65. The summed E-state index contributed by atoms with van der Waals surface area (Å²) in [5.41, 5.74) is 6.34. The van der Waals surface area contributed by atoms with E-state index < -0.39 is 11.8 Å². The van der Waals surface area contributed by atoms with Crippen molar-refractivity contribution in [2.45, 2.75) is 0 Å². The minimum atomic E-state index is -0.481. The second-order valence-electron chi connectivity index (χ2n) is 5.70. The van der Waals surface area contributed by atoms with Crippen molar-refractivity contribution in [2.24, 2.45) is 0 Å². The Bertz CT molecular complexity index is 978. The first-order chi connectivity index (χ1) is 13.6. The number of carbonyl (C=O) groups is 3. The second-order valence-corrected chi connectivity index (χ2v) is 5.70. The number of amides is 3. The van der Waals surface area contributed by atoms with E-state index in [1.54, 1.807) is 30.3 Å². The van der Waals surface area contributed by atoms with Crippen molar-refractivity contribution in [3.05, 3.63) is 96.0 Å². The lowest BCUT2D eigenvalue weighted by atomic mass is 10.2. The molecule has 0 bridgehead atoms. The number of nitrogens with one attached hydrogen (secondary N) is 3. The Morgan fingerprint density at radius 1 is 0.786 bits per heavy atom. The third-order valence-corrected chi connectivity index (χ3v) is 3.68. The molecule has 0 aliphatic carbocycles. The van der Waals surface area contributed by atoms with Gasteiger partial charge in [-0.25, -0.2) is 0 Å². The zero-order valence-electron chi connectivity index (χ0n) is 14.7. The Labute approximate surface area is 161 Å². The van der Waals surface area contributed by atoms with Crippen LogP contribution in [0.15, 0.2) is 83.5 Å². The fraction of sp³-hybridized carbons (Fsp3) is 0. The Morgan fingerprint density at radius 2 is 1.54 bits per heavy atom. The Balaban J connectivity index is 1.49. The van der Waals surface area contributed by atoms with E-state index in [4.69, 9.17) is 4.42 Å². The smallest absolute Gasteiger partial charge is 0.291 e.